The molecule has 2 aromatic heterocycles. The predicted molar refractivity (Wildman–Crippen MR) is 75.6 cm³/mol. The molecule has 0 atom stereocenters. The number of amides is 2. The lowest BCUT2D eigenvalue weighted by Crippen LogP contribution is -2.20. The summed E-state index contributed by atoms with van der Waals surface area (Å²) in [6.07, 6.45) is 3.65. The molecule has 0 saturated carbocycles. The number of aromatic nitrogens is 3. The molecule has 0 bridgehead atoms. The second-order valence-corrected chi connectivity index (χ2v) is 4.17. The van der Waals surface area contributed by atoms with E-state index < -0.39 is 12.0 Å². The quantitative estimate of drug-likeness (QED) is 0.566. The van der Waals surface area contributed by atoms with E-state index >= 15 is 0 Å². The summed E-state index contributed by atoms with van der Waals surface area (Å²) < 4.78 is 1.64. The van der Waals surface area contributed by atoms with E-state index in [1.54, 1.807) is 16.7 Å². The van der Waals surface area contributed by atoms with Gasteiger partial charge in [-0.05, 0) is 6.07 Å². The third-order valence-corrected chi connectivity index (χ3v) is 2.72. The molecule has 0 fully saturated rings. The van der Waals surface area contributed by atoms with Gasteiger partial charge >= 0.3 is 6.09 Å². The number of anilines is 1. The molecule has 110 valence electrons. The molecule has 2 aromatic rings. The molecule has 0 aliphatic carbocycles. The predicted octanol–water partition coefficient (Wildman–Crippen LogP) is -0.0638. The third-order valence-electron chi connectivity index (χ3n) is 2.72. The highest BCUT2D eigenvalue weighted by atomic mass is 16.4. The number of nitrogen functional groups attached to an aromatic ring is 1. The number of allylic oxidation sites excluding steroid dienone is 1. The summed E-state index contributed by atoms with van der Waals surface area (Å²) in [6.45, 7) is 0.577. The van der Waals surface area contributed by atoms with E-state index in [0.717, 1.165) is 0 Å². The Morgan fingerprint density at radius 3 is 2.86 bits per heavy atom. The number of primary amides is 1. The fraction of sp³-hybridized carbons (Fsp3) is 0.167. The molecule has 0 radical (unpaired) electrons. The number of carboxylic acid groups (broad SMARTS) is 1. The molecular formula is C12H14N6O3. The second-order valence-electron chi connectivity index (χ2n) is 4.17. The lowest BCUT2D eigenvalue weighted by Gasteiger charge is -2.02. The number of rotatable bonds is 5. The number of carbonyl (C=O) groups is 2. The van der Waals surface area contributed by atoms with Gasteiger partial charge in [-0.15, -0.1) is 0 Å². The van der Waals surface area contributed by atoms with Gasteiger partial charge in [0.25, 0.3) is 0 Å². The van der Waals surface area contributed by atoms with Crippen LogP contribution in [0.15, 0.2) is 24.4 Å². The number of pyridine rings is 1. The van der Waals surface area contributed by atoms with Gasteiger partial charge in [-0.25, -0.2) is 14.8 Å². The fourth-order valence-electron chi connectivity index (χ4n) is 1.75. The van der Waals surface area contributed by atoms with E-state index in [0.29, 0.717) is 17.7 Å². The zero-order valence-corrected chi connectivity index (χ0v) is 11.0. The number of nitrogens with two attached hydrogens (primary N) is 2. The molecule has 21 heavy (non-hydrogen) atoms. The average molecular weight is 290 g/mol. The highest BCUT2D eigenvalue weighted by molar-refractivity contribution is 5.95. The highest BCUT2D eigenvalue weighted by Gasteiger charge is 2.10. The standard InChI is InChI=1S/C12H14N6O3/c13-9(19)7-5-8-10(16-6-7)18(11(14)17-8)4-2-1-3-15-12(20)21/h1-2,5-6,15H,3-4H2,(H2,13,19)(H2,14,17)(H,20,21)/b2-1+. The van der Waals surface area contributed by atoms with Gasteiger partial charge in [-0.1, -0.05) is 12.2 Å². The summed E-state index contributed by atoms with van der Waals surface area (Å²) in [6, 6.07) is 1.52. The SMILES string of the molecule is NC(=O)c1cnc2c(c1)nc(N)n2C/C=C/CNC(=O)O. The molecule has 0 unspecified atom stereocenters. The summed E-state index contributed by atoms with van der Waals surface area (Å²) in [5.74, 6) is -0.341. The van der Waals surface area contributed by atoms with Crippen molar-refractivity contribution in [3.8, 4) is 0 Å². The van der Waals surface area contributed by atoms with Gasteiger partial charge in [0.15, 0.2) is 5.65 Å². The van der Waals surface area contributed by atoms with Gasteiger partial charge in [0, 0.05) is 19.3 Å². The van der Waals surface area contributed by atoms with Crippen LogP contribution < -0.4 is 16.8 Å². The summed E-state index contributed by atoms with van der Waals surface area (Å²) in [5, 5.41) is 10.6. The summed E-state index contributed by atoms with van der Waals surface area (Å²) in [5.41, 5.74) is 12.2. The van der Waals surface area contributed by atoms with Gasteiger partial charge in [0.1, 0.15) is 5.52 Å². The summed E-state index contributed by atoms with van der Waals surface area (Å²) >= 11 is 0. The topological polar surface area (TPSA) is 149 Å². The van der Waals surface area contributed by atoms with Crippen LogP contribution in [0.4, 0.5) is 10.7 Å². The smallest absolute Gasteiger partial charge is 0.404 e. The van der Waals surface area contributed by atoms with E-state index in [4.69, 9.17) is 16.6 Å². The number of hydrogen-bond acceptors (Lipinski definition) is 5. The average Bonchev–Trinajstić information content (AvgIpc) is 2.73. The van der Waals surface area contributed by atoms with Crippen LogP contribution in [-0.2, 0) is 6.54 Å². The van der Waals surface area contributed by atoms with Crippen LogP contribution in [0.25, 0.3) is 11.2 Å². The molecule has 9 heteroatoms. The van der Waals surface area contributed by atoms with E-state index in [1.807, 2.05) is 0 Å². The van der Waals surface area contributed by atoms with Crippen LogP contribution in [0.5, 0.6) is 0 Å². The van der Waals surface area contributed by atoms with Crippen molar-refractivity contribution in [2.45, 2.75) is 6.54 Å². The molecule has 0 saturated heterocycles. The Kier molecular flexibility index (Phi) is 4.02. The minimum Gasteiger partial charge on any atom is -0.465 e. The minimum absolute atomic E-state index is 0.196. The molecule has 0 aliphatic rings. The maximum Gasteiger partial charge on any atom is 0.404 e. The number of nitrogens with one attached hydrogen (secondary N) is 1. The Balaban J connectivity index is 2.18. The molecule has 2 heterocycles. The zero-order chi connectivity index (χ0) is 15.4. The molecule has 6 N–H and O–H groups in total. The number of hydrogen-bond donors (Lipinski definition) is 4. The van der Waals surface area contributed by atoms with Crippen LogP contribution in [0.1, 0.15) is 10.4 Å². The lowest BCUT2D eigenvalue weighted by atomic mass is 10.2. The normalized spacial score (nSPS) is 11.0. The van der Waals surface area contributed by atoms with Crippen LogP contribution in [0.2, 0.25) is 0 Å². The number of carbonyl (C=O) groups excluding carboxylic acids is 1. The minimum atomic E-state index is -1.09. The van der Waals surface area contributed by atoms with Crippen LogP contribution in [0, 0.1) is 0 Å². The van der Waals surface area contributed by atoms with Crippen LogP contribution in [0.3, 0.4) is 0 Å². The van der Waals surface area contributed by atoms with Gasteiger partial charge < -0.3 is 21.9 Å². The van der Waals surface area contributed by atoms with Crippen molar-refractivity contribution in [1.82, 2.24) is 19.9 Å². The van der Waals surface area contributed by atoms with Crippen molar-refractivity contribution in [2.24, 2.45) is 5.73 Å². The second kappa shape index (κ2) is 5.90. The maximum absolute atomic E-state index is 11.1. The Bertz CT molecular complexity index is 721. The molecule has 0 aromatic carbocycles. The van der Waals surface area contributed by atoms with E-state index in [1.165, 1.54) is 12.3 Å². The molecule has 9 nitrogen and oxygen atoms in total. The van der Waals surface area contributed by atoms with Crippen molar-refractivity contribution >= 4 is 29.1 Å². The van der Waals surface area contributed by atoms with Crippen molar-refractivity contribution < 1.29 is 14.7 Å². The Labute approximate surface area is 119 Å². The van der Waals surface area contributed by atoms with Crippen LogP contribution >= 0.6 is 0 Å². The monoisotopic (exact) mass is 290 g/mol. The first-order valence-electron chi connectivity index (χ1n) is 6.02. The third kappa shape index (κ3) is 3.26. The first-order valence-corrected chi connectivity index (χ1v) is 6.02. The number of fused-ring (bicyclic) bond motifs is 1. The zero-order valence-electron chi connectivity index (χ0n) is 11.0. The van der Waals surface area contributed by atoms with Crippen molar-refractivity contribution in [3.63, 3.8) is 0 Å². The summed E-state index contributed by atoms with van der Waals surface area (Å²) in [7, 11) is 0. The van der Waals surface area contributed by atoms with E-state index in [-0.39, 0.29) is 18.1 Å². The molecule has 0 spiro atoms. The first-order chi connectivity index (χ1) is 9.99. The lowest BCUT2D eigenvalue weighted by molar-refractivity contribution is 0.1000. The first kappa shape index (κ1) is 14.3. The Morgan fingerprint density at radius 1 is 1.43 bits per heavy atom. The largest absolute Gasteiger partial charge is 0.465 e. The fourth-order valence-corrected chi connectivity index (χ4v) is 1.75. The van der Waals surface area contributed by atoms with E-state index in [9.17, 15) is 9.59 Å². The van der Waals surface area contributed by atoms with Crippen molar-refractivity contribution in [3.05, 3.63) is 30.0 Å². The van der Waals surface area contributed by atoms with Gasteiger partial charge in [-0.2, -0.15) is 0 Å². The van der Waals surface area contributed by atoms with Gasteiger partial charge in [-0.3, -0.25) is 9.36 Å². The number of imidazole rings is 1. The van der Waals surface area contributed by atoms with Crippen LogP contribution in [-0.4, -0.2) is 38.2 Å². The Hall–Kier alpha value is -3.10. The summed E-state index contributed by atoms with van der Waals surface area (Å²) in [4.78, 5) is 29.6. The van der Waals surface area contributed by atoms with Gasteiger partial charge in [0.2, 0.25) is 11.9 Å². The number of nitrogens with zero attached hydrogens (tertiary/aromatic N) is 3. The van der Waals surface area contributed by atoms with Gasteiger partial charge in [0.05, 0.1) is 5.56 Å². The molecular weight excluding hydrogens is 276 g/mol. The molecule has 2 amide bonds. The van der Waals surface area contributed by atoms with Crippen molar-refractivity contribution in [2.75, 3.05) is 12.3 Å². The molecule has 0 aliphatic heterocycles. The van der Waals surface area contributed by atoms with Crippen molar-refractivity contribution in [1.29, 1.82) is 0 Å². The Morgan fingerprint density at radius 2 is 2.19 bits per heavy atom. The maximum atomic E-state index is 11.1. The highest BCUT2D eigenvalue weighted by Crippen LogP contribution is 2.16. The molecule has 2 rings (SSSR count). The van der Waals surface area contributed by atoms with E-state index in [2.05, 4.69) is 15.3 Å².